The number of halogens is 2. The van der Waals surface area contributed by atoms with Crippen LogP contribution in [-0.2, 0) is 9.53 Å². The zero-order valence-electron chi connectivity index (χ0n) is 12.8. The maximum atomic E-state index is 10.7. The van der Waals surface area contributed by atoms with Gasteiger partial charge in [0.05, 0.1) is 0 Å². The van der Waals surface area contributed by atoms with Crippen molar-refractivity contribution >= 4 is 29.8 Å². The van der Waals surface area contributed by atoms with Crippen LogP contribution in [0.25, 0.3) is 0 Å². The van der Waals surface area contributed by atoms with Crippen molar-refractivity contribution < 1.29 is 28.2 Å². The molecule has 1 amide bonds. The summed E-state index contributed by atoms with van der Waals surface area (Å²) in [5.41, 5.74) is 0. The molecular weight excluding hydrogens is 291 g/mol. The van der Waals surface area contributed by atoms with E-state index in [-0.39, 0.29) is 12.5 Å². The summed E-state index contributed by atoms with van der Waals surface area (Å²) in [6.07, 6.45) is 1.56. The molecule has 0 aromatic carbocycles. The van der Waals surface area contributed by atoms with Gasteiger partial charge in [-0.15, -0.1) is 0 Å². The molecule has 0 bridgehead atoms. The van der Waals surface area contributed by atoms with Crippen molar-refractivity contribution in [3.63, 3.8) is 0 Å². The van der Waals surface area contributed by atoms with Gasteiger partial charge in [0.15, 0.2) is 0 Å². The van der Waals surface area contributed by atoms with Gasteiger partial charge in [-0.1, -0.05) is 19.2 Å². The molecule has 120 valence electrons. The van der Waals surface area contributed by atoms with Crippen molar-refractivity contribution in [2.24, 2.45) is 0 Å². The topological polar surface area (TPSA) is 66.8 Å². The molecule has 1 N–H and O–H groups in total. The SMILES string of the molecule is C=C(F)F.C=CCOC(=O)O.C=CN1CCCC1=O.[Li][CH]=C. The summed E-state index contributed by atoms with van der Waals surface area (Å²) in [5, 5.41) is 7.77. The van der Waals surface area contributed by atoms with E-state index in [2.05, 4.69) is 31.1 Å². The maximum absolute atomic E-state index is 10.7. The van der Waals surface area contributed by atoms with E-state index in [4.69, 9.17) is 5.11 Å². The van der Waals surface area contributed by atoms with Crippen LogP contribution >= 0.6 is 0 Å². The molecule has 5 nitrogen and oxygen atoms in total. The van der Waals surface area contributed by atoms with E-state index in [0.29, 0.717) is 6.42 Å². The minimum atomic E-state index is -1.83. The van der Waals surface area contributed by atoms with E-state index < -0.39 is 12.2 Å². The first-order chi connectivity index (χ1) is 10.3. The van der Waals surface area contributed by atoms with Crippen LogP contribution in [0.3, 0.4) is 0 Å². The molecule has 0 unspecified atom stereocenters. The molecule has 0 aromatic rings. The first kappa shape index (κ1) is 25.1. The molecule has 0 aliphatic carbocycles. The van der Waals surface area contributed by atoms with Crippen LogP contribution in [0.15, 0.2) is 49.4 Å². The van der Waals surface area contributed by atoms with Crippen molar-refractivity contribution in [1.82, 2.24) is 4.90 Å². The van der Waals surface area contributed by atoms with Crippen LogP contribution < -0.4 is 0 Å². The first-order valence-electron chi connectivity index (χ1n) is 6.22. The fraction of sp³-hybridized carbons (Fsp3) is 0.286. The van der Waals surface area contributed by atoms with Crippen molar-refractivity contribution in [3.8, 4) is 0 Å². The molecule has 1 aliphatic rings. The Labute approximate surface area is 138 Å². The Balaban J connectivity index is -0.000000236. The number of ether oxygens (including phenoxy) is 1. The molecule has 0 radical (unpaired) electrons. The molecule has 1 saturated heterocycles. The van der Waals surface area contributed by atoms with Crippen molar-refractivity contribution in [1.29, 1.82) is 0 Å². The molecule has 22 heavy (non-hydrogen) atoms. The van der Waals surface area contributed by atoms with Gasteiger partial charge in [-0.05, 0) is 19.2 Å². The van der Waals surface area contributed by atoms with E-state index in [1.54, 1.807) is 15.8 Å². The normalized spacial score (nSPS) is 11.3. The van der Waals surface area contributed by atoms with Crippen molar-refractivity contribution in [3.05, 3.63) is 49.4 Å². The number of carbonyl (C=O) groups is 2. The third-order valence-electron chi connectivity index (χ3n) is 1.66. The van der Waals surface area contributed by atoms with Crippen molar-refractivity contribution in [2.75, 3.05) is 13.2 Å². The van der Waals surface area contributed by atoms with Gasteiger partial charge in [-0.3, -0.25) is 4.79 Å². The Morgan fingerprint density at radius 1 is 1.41 bits per heavy atom. The van der Waals surface area contributed by atoms with E-state index in [1.807, 2.05) is 17.7 Å². The zero-order chi connectivity index (χ0) is 18.0. The van der Waals surface area contributed by atoms with Crippen LogP contribution in [0, 0.1) is 0 Å². The number of carbonyl (C=O) groups excluding carboxylic acids is 1. The Morgan fingerprint density at radius 2 is 1.86 bits per heavy atom. The average molecular weight is 311 g/mol. The standard InChI is InChI=1S/C6H9NO.C4H6O3.C2H2F2.C2H3.Li/c1-2-7-5-3-4-6(7)8;1-2-3-7-4(5)6;1-2(3)4;1-2;/h2H,1,3-5H2;2H,1,3H2,(H,5,6);1H2;1H,2H2;. The molecule has 8 heteroatoms. The molecule has 1 heterocycles. The van der Waals surface area contributed by atoms with E-state index in [9.17, 15) is 18.4 Å². The van der Waals surface area contributed by atoms with Crippen LogP contribution in [0.1, 0.15) is 12.8 Å². The average Bonchev–Trinajstić information content (AvgIpc) is 2.83. The number of hydrogen-bond acceptors (Lipinski definition) is 3. The summed E-state index contributed by atoms with van der Waals surface area (Å²) in [6, 6.07) is 0. The second-order valence-electron chi connectivity index (χ2n) is 3.49. The fourth-order valence-electron chi connectivity index (χ4n) is 0.992. The Kier molecular flexibility index (Phi) is 21.9. The van der Waals surface area contributed by atoms with Gasteiger partial charge in [-0.2, -0.15) is 8.78 Å². The molecule has 1 rings (SSSR count). The zero-order valence-corrected chi connectivity index (χ0v) is 12.8. The molecule has 0 aromatic heterocycles. The third-order valence-corrected chi connectivity index (χ3v) is 1.66. The van der Waals surface area contributed by atoms with E-state index in [0.717, 1.165) is 13.0 Å². The summed E-state index contributed by atoms with van der Waals surface area (Å²) in [7, 11) is 0. The summed E-state index contributed by atoms with van der Waals surface area (Å²) in [6.45, 7) is 13.3. The predicted octanol–water partition coefficient (Wildman–Crippen LogP) is 3.31. The number of likely N-dealkylation sites (tertiary alicyclic amines) is 1. The Morgan fingerprint density at radius 3 is 2.00 bits per heavy atom. The van der Waals surface area contributed by atoms with Gasteiger partial charge in [0.1, 0.15) is 6.61 Å². The van der Waals surface area contributed by atoms with Crippen LogP contribution in [0.5, 0.6) is 0 Å². The molecule has 1 fully saturated rings. The number of amides is 1. The second-order valence-corrected chi connectivity index (χ2v) is 3.49. The van der Waals surface area contributed by atoms with E-state index in [1.165, 1.54) is 6.08 Å². The molecule has 0 spiro atoms. The summed E-state index contributed by atoms with van der Waals surface area (Å²) < 4.78 is 26.0. The van der Waals surface area contributed by atoms with Crippen LogP contribution in [0.4, 0.5) is 13.6 Å². The molecular formula is C14H20F2LiNO4. The fourth-order valence-corrected chi connectivity index (χ4v) is 0.992. The van der Waals surface area contributed by atoms with Gasteiger partial charge in [0.25, 0.3) is 6.08 Å². The number of hydrogen-bond donors (Lipinski definition) is 1. The second kappa shape index (κ2) is 19.2. The monoisotopic (exact) mass is 311 g/mol. The predicted molar refractivity (Wildman–Crippen MR) is 82.6 cm³/mol. The van der Waals surface area contributed by atoms with Gasteiger partial charge < -0.3 is 14.7 Å². The van der Waals surface area contributed by atoms with Crippen molar-refractivity contribution in [2.45, 2.75) is 12.8 Å². The molecule has 0 saturated carbocycles. The number of carboxylic acid groups (broad SMARTS) is 1. The summed E-state index contributed by atoms with van der Waals surface area (Å²) >= 11 is 1.89. The van der Waals surface area contributed by atoms with E-state index >= 15 is 0 Å². The Hall–Kier alpha value is -1.84. The summed E-state index contributed by atoms with van der Waals surface area (Å²) in [5.74, 6) is 0.208. The summed E-state index contributed by atoms with van der Waals surface area (Å²) in [4.78, 5) is 21.8. The van der Waals surface area contributed by atoms with Crippen LogP contribution in [-0.4, -0.2) is 52.9 Å². The molecule has 0 atom stereocenters. The number of rotatable bonds is 3. The first-order valence-corrected chi connectivity index (χ1v) is 6.22. The van der Waals surface area contributed by atoms with Gasteiger partial charge >= 0.3 is 35.2 Å². The van der Waals surface area contributed by atoms with Gasteiger partial charge in [0, 0.05) is 13.0 Å². The van der Waals surface area contributed by atoms with Gasteiger partial charge in [-0.25, -0.2) is 4.79 Å². The van der Waals surface area contributed by atoms with Crippen LogP contribution in [0.2, 0.25) is 0 Å². The third kappa shape index (κ3) is 26.7. The number of nitrogens with zero attached hydrogens (tertiary/aromatic N) is 1. The van der Waals surface area contributed by atoms with Gasteiger partial charge in [0.2, 0.25) is 5.91 Å². The quantitative estimate of drug-likeness (QED) is 0.493. The minimum absolute atomic E-state index is 0.0648. The molecule has 1 aliphatic heterocycles. The Bertz CT molecular complexity index is 372.